The van der Waals surface area contributed by atoms with Crippen molar-refractivity contribution in [3.8, 4) is 5.88 Å². The maximum atomic E-state index is 5.39. The molecule has 0 bridgehead atoms. The minimum Gasteiger partial charge on any atom is -0.480 e. The summed E-state index contributed by atoms with van der Waals surface area (Å²) >= 11 is 1.71. The topological polar surface area (TPSA) is 37.4 Å². The Kier molecular flexibility index (Phi) is 5.27. The van der Waals surface area contributed by atoms with Crippen molar-refractivity contribution >= 4 is 16.5 Å². The highest BCUT2D eigenvalue weighted by Crippen LogP contribution is 2.32. The van der Waals surface area contributed by atoms with E-state index in [9.17, 15) is 0 Å². The van der Waals surface area contributed by atoms with Gasteiger partial charge in [0, 0.05) is 26.7 Å². The number of hydrogen-bond donors (Lipinski definition) is 1. The van der Waals surface area contributed by atoms with Gasteiger partial charge in [-0.05, 0) is 31.1 Å². The van der Waals surface area contributed by atoms with Crippen molar-refractivity contribution in [2.24, 2.45) is 11.8 Å². The van der Waals surface area contributed by atoms with Crippen LogP contribution >= 0.6 is 11.3 Å². The fourth-order valence-electron chi connectivity index (χ4n) is 2.98. The maximum Gasteiger partial charge on any atom is 0.230 e. The van der Waals surface area contributed by atoms with Crippen LogP contribution in [0.15, 0.2) is 0 Å². The van der Waals surface area contributed by atoms with Crippen LogP contribution in [0.3, 0.4) is 0 Å². The Morgan fingerprint density at radius 2 is 2.10 bits per heavy atom. The molecule has 114 valence electrons. The summed E-state index contributed by atoms with van der Waals surface area (Å²) in [6.45, 7) is 5.59. The molecule has 3 unspecified atom stereocenters. The molecule has 0 spiro atoms. The first kappa shape index (κ1) is 15.6. The number of nitrogens with zero attached hydrogens (tertiary/aromatic N) is 2. The average molecular weight is 297 g/mol. The second-order valence-electron chi connectivity index (χ2n) is 6.21. The Balaban J connectivity index is 1.96. The first-order valence-electron chi connectivity index (χ1n) is 7.45. The molecule has 1 saturated carbocycles. The fraction of sp³-hybridized carbons (Fsp3) is 0.800. The van der Waals surface area contributed by atoms with Gasteiger partial charge in [-0.1, -0.05) is 25.2 Å². The predicted octanol–water partition coefficient (Wildman–Crippen LogP) is 3.13. The molecule has 1 aliphatic rings. The maximum absolute atomic E-state index is 5.39. The van der Waals surface area contributed by atoms with Crippen molar-refractivity contribution in [2.75, 3.05) is 26.1 Å². The standard InChI is InChI=1S/C15H27N3OS/c1-10-6-7-12(11(2)8-10)16-9-13-14(19-5)17-15(20-13)18(3)4/h10-12,16H,6-9H2,1-5H3. The van der Waals surface area contributed by atoms with Gasteiger partial charge in [-0.3, -0.25) is 0 Å². The highest BCUT2D eigenvalue weighted by molar-refractivity contribution is 7.15. The van der Waals surface area contributed by atoms with E-state index in [1.165, 1.54) is 24.1 Å². The van der Waals surface area contributed by atoms with Crippen molar-refractivity contribution in [3.05, 3.63) is 4.88 Å². The van der Waals surface area contributed by atoms with E-state index in [4.69, 9.17) is 4.74 Å². The highest BCUT2D eigenvalue weighted by Gasteiger charge is 2.25. The van der Waals surface area contributed by atoms with Gasteiger partial charge in [0.1, 0.15) is 0 Å². The van der Waals surface area contributed by atoms with Gasteiger partial charge in [0.05, 0.1) is 12.0 Å². The van der Waals surface area contributed by atoms with Crippen LogP contribution in [0, 0.1) is 11.8 Å². The summed E-state index contributed by atoms with van der Waals surface area (Å²) in [4.78, 5) is 7.73. The van der Waals surface area contributed by atoms with Crippen LogP contribution in [-0.4, -0.2) is 32.2 Å². The third kappa shape index (κ3) is 3.64. The number of methoxy groups -OCH3 is 1. The molecule has 1 N–H and O–H groups in total. The molecule has 5 heteroatoms. The van der Waals surface area contributed by atoms with Crippen molar-refractivity contribution in [3.63, 3.8) is 0 Å². The molecule has 0 amide bonds. The predicted molar refractivity (Wildman–Crippen MR) is 85.8 cm³/mol. The quantitative estimate of drug-likeness (QED) is 0.906. The first-order chi connectivity index (χ1) is 9.51. The van der Waals surface area contributed by atoms with E-state index in [0.717, 1.165) is 29.4 Å². The van der Waals surface area contributed by atoms with Crippen molar-refractivity contribution < 1.29 is 4.74 Å². The van der Waals surface area contributed by atoms with Gasteiger partial charge < -0.3 is 15.0 Å². The monoisotopic (exact) mass is 297 g/mol. The smallest absolute Gasteiger partial charge is 0.230 e. The van der Waals surface area contributed by atoms with Gasteiger partial charge in [0.2, 0.25) is 5.88 Å². The van der Waals surface area contributed by atoms with Crippen LogP contribution in [0.2, 0.25) is 0 Å². The Bertz CT molecular complexity index is 433. The molecule has 3 atom stereocenters. The van der Waals surface area contributed by atoms with E-state index in [2.05, 4.69) is 24.1 Å². The Morgan fingerprint density at radius 3 is 2.70 bits per heavy atom. The molecule has 1 heterocycles. The zero-order valence-corrected chi connectivity index (χ0v) is 14.1. The highest BCUT2D eigenvalue weighted by atomic mass is 32.1. The summed E-state index contributed by atoms with van der Waals surface area (Å²) in [6, 6.07) is 0.626. The number of ether oxygens (including phenoxy) is 1. The number of thiazole rings is 1. The molecular formula is C15H27N3OS. The van der Waals surface area contributed by atoms with Crippen molar-refractivity contribution in [1.29, 1.82) is 0 Å². The molecule has 0 aliphatic heterocycles. The molecular weight excluding hydrogens is 270 g/mol. The van der Waals surface area contributed by atoms with Crippen LogP contribution in [0.1, 0.15) is 38.0 Å². The summed E-state index contributed by atoms with van der Waals surface area (Å²) in [5.41, 5.74) is 0. The molecule has 0 radical (unpaired) electrons. The van der Waals surface area contributed by atoms with E-state index in [0.29, 0.717) is 6.04 Å². The van der Waals surface area contributed by atoms with E-state index in [1.807, 2.05) is 19.0 Å². The fourth-order valence-corrected chi connectivity index (χ4v) is 3.88. The normalized spacial score (nSPS) is 26.6. The van der Waals surface area contributed by atoms with E-state index in [-0.39, 0.29) is 0 Å². The van der Waals surface area contributed by atoms with Gasteiger partial charge in [0.15, 0.2) is 5.13 Å². The van der Waals surface area contributed by atoms with Gasteiger partial charge in [0.25, 0.3) is 0 Å². The van der Waals surface area contributed by atoms with Gasteiger partial charge in [-0.25, -0.2) is 0 Å². The third-order valence-corrected chi connectivity index (χ3v) is 5.39. The van der Waals surface area contributed by atoms with Crippen molar-refractivity contribution in [1.82, 2.24) is 10.3 Å². The number of aromatic nitrogens is 1. The lowest BCUT2D eigenvalue weighted by Gasteiger charge is -2.33. The minimum absolute atomic E-state index is 0.626. The first-order valence-corrected chi connectivity index (χ1v) is 8.27. The zero-order chi connectivity index (χ0) is 14.7. The van der Waals surface area contributed by atoms with E-state index in [1.54, 1.807) is 18.4 Å². The molecule has 0 saturated heterocycles. The second kappa shape index (κ2) is 6.76. The van der Waals surface area contributed by atoms with Crippen LogP contribution in [-0.2, 0) is 6.54 Å². The lowest BCUT2D eigenvalue weighted by Crippen LogP contribution is -2.38. The van der Waals surface area contributed by atoms with Crippen LogP contribution in [0.5, 0.6) is 5.88 Å². The van der Waals surface area contributed by atoms with Gasteiger partial charge in [-0.15, -0.1) is 0 Å². The second-order valence-corrected chi connectivity index (χ2v) is 7.27. The van der Waals surface area contributed by atoms with Crippen LogP contribution < -0.4 is 15.0 Å². The number of nitrogens with one attached hydrogen (secondary N) is 1. The van der Waals surface area contributed by atoms with Crippen molar-refractivity contribution in [2.45, 2.75) is 45.7 Å². The lowest BCUT2D eigenvalue weighted by molar-refractivity contribution is 0.227. The van der Waals surface area contributed by atoms with Gasteiger partial charge >= 0.3 is 0 Å². The Morgan fingerprint density at radius 1 is 1.35 bits per heavy atom. The summed E-state index contributed by atoms with van der Waals surface area (Å²) in [5.74, 6) is 2.40. The Hall–Kier alpha value is -0.810. The zero-order valence-electron chi connectivity index (χ0n) is 13.3. The molecule has 4 nitrogen and oxygen atoms in total. The SMILES string of the molecule is COc1nc(N(C)C)sc1CNC1CCC(C)CC1C. The third-order valence-electron chi connectivity index (χ3n) is 4.18. The largest absolute Gasteiger partial charge is 0.480 e. The summed E-state index contributed by atoms with van der Waals surface area (Å²) in [5, 5.41) is 4.71. The molecule has 1 aromatic rings. The molecule has 1 aliphatic carbocycles. The van der Waals surface area contributed by atoms with E-state index < -0.39 is 0 Å². The molecule has 2 rings (SSSR count). The number of hydrogen-bond acceptors (Lipinski definition) is 5. The lowest BCUT2D eigenvalue weighted by atomic mass is 9.80. The molecule has 0 aromatic carbocycles. The molecule has 1 fully saturated rings. The number of anilines is 1. The average Bonchev–Trinajstić information content (AvgIpc) is 2.81. The summed E-state index contributed by atoms with van der Waals surface area (Å²) in [6.07, 6.45) is 3.95. The molecule has 1 aromatic heterocycles. The Labute approximate surface area is 126 Å². The minimum atomic E-state index is 0.626. The summed E-state index contributed by atoms with van der Waals surface area (Å²) < 4.78 is 5.39. The van der Waals surface area contributed by atoms with Crippen LogP contribution in [0.25, 0.3) is 0 Å². The van der Waals surface area contributed by atoms with Crippen LogP contribution in [0.4, 0.5) is 5.13 Å². The molecule has 20 heavy (non-hydrogen) atoms. The van der Waals surface area contributed by atoms with E-state index >= 15 is 0 Å². The van der Waals surface area contributed by atoms with Gasteiger partial charge in [-0.2, -0.15) is 4.98 Å². The summed E-state index contributed by atoms with van der Waals surface area (Å²) in [7, 11) is 5.73. The number of rotatable bonds is 5.